The van der Waals surface area contributed by atoms with Crippen LogP contribution in [0.1, 0.15) is 27.7 Å². The highest BCUT2D eigenvalue weighted by Gasteiger charge is 2.35. The maximum atomic E-state index is 11.7. The molecule has 0 rings (SSSR count). The van der Waals surface area contributed by atoms with Crippen molar-refractivity contribution in [2.75, 3.05) is 13.1 Å². The summed E-state index contributed by atoms with van der Waals surface area (Å²) in [6, 6.07) is 0. The fraction of sp³-hybridized carbons (Fsp3) is 0.818. The lowest BCUT2D eigenvalue weighted by Crippen LogP contribution is -2.58. The highest BCUT2D eigenvalue weighted by atomic mass is 35.6. The Morgan fingerprint density at radius 1 is 1.21 bits per heavy atom. The molecule has 0 aromatic carbocycles. The fourth-order valence-electron chi connectivity index (χ4n) is 1.23. The van der Waals surface area contributed by atoms with Crippen LogP contribution in [0.25, 0.3) is 0 Å². The fourth-order valence-corrected chi connectivity index (χ4v) is 1.94. The van der Waals surface area contributed by atoms with E-state index in [1.165, 1.54) is 0 Å². The molecule has 4 nitrogen and oxygen atoms in total. The number of halogens is 3. The molecule has 0 aliphatic carbocycles. The summed E-state index contributed by atoms with van der Waals surface area (Å²) in [7, 11) is 0. The average molecular weight is 349 g/mol. The maximum Gasteiger partial charge on any atom is 0.228 e. The summed E-state index contributed by atoms with van der Waals surface area (Å²) in [4.78, 5) is 13.6. The third-order valence-electron chi connectivity index (χ3n) is 2.46. The molecule has 0 saturated carbocycles. The molecule has 0 fully saturated rings. The zero-order chi connectivity index (χ0) is 15.2. The van der Waals surface area contributed by atoms with Crippen LogP contribution in [-0.4, -0.2) is 39.0 Å². The van der Waals surface area contributed by atoms with E-state index in [9.17, 15) is 4.79 Å². The maximum absolute atomic E-state index is 11.7. The van der Waals surface area contributed by atoms with Gasteiger partial charge in [0, 0.05) is 19.0 Å². The molecule has 8 heteroatoms. The molecule has 0 radical (unpaired) electrons. The summed E-state index contributed by atoms with van der Waals surface area (Å²) in [5.74, 6) is -0.426. The second-order valence-electron chi connectivity index (χ2n) is 4.26. The molecular formula is C11H20Cl3N3OS. The number of carbonyl (C=O) groups excluding carboxylic acids is 1. The molecule has 0 bridgehead atoms. The van der Waals surface area contributed by atoms with Crippen molar-refractivity contribution in [2.45, 2.75) is 37.7 Å². The topological polar surface area (TPSA) is 44.4 Å². The molecule has 112 valence electrons. The smallest absolute Gasteiger partial charge is 0.228 e. The lowest BCUT2D eigenvalue weighted by atomic mass is 10.2. The molecule has 0 saturated heterocycles. The van der Waals surface area contributed by atoms with Crippen molar-refractivity contribution in [3.63, 3.8) is 0 Å². The van der Waals surface area contributed by atoms with E-state index in [1.807, 2.05) is 18.7 Å². The normalized spacial score (nSPS) is 13.1. The van der Waals surface area contributed by atoms with Crippen LogP contribution in [0.3, 0.4) is 0 Å². The number of hydrogen-bond donors (Lipinski definition) is 2. The van der Waals surface area contributed by atoms with E-state index in [4.69, 9.17) is 47.0 Å². The van der Waals surface area contributed by atoms with Crippen LogP contribution in [-0.2, 0) is 4.79 Å². The minimum atomic E-state index is -1.69. The summed E-state index contributed by atoms with van der Waals surface area (Å²) in [6.07, 6.45) is -0.875. The van der Waals surface area contributed by atoms with Gasteiger partial charge in [-0.1, -0.05) is 48.7 Å². The number of rotatable bonds is 5. The third kappa shape index (κ3) is 6.84. The molecule has 19 heavy (non-hydrogen) atoms. The number of hydrogen-bond acceptors (Lipinski definition) is 2. The van der Waals surface area contributed by atoms with Gasteiger partial charge in [0.05, 0.1) is 0 Å². The van der Waals surface area contributed by atoms with Crippen molar-refractivity contribution in [1.29, 1.82) is 0 Å². The van der Waals surface area contributed by atoms with Gasteiger partial charge in [0.15, 0.2) is 5.11 Å². The van der Waals surface area contributed by atoms with Gasteiger partial charge < -0.3 is 15.5 Å². The number of alkyl halides is 3. The van der Waals surface area contributed by atoms with E-state index < -0.39 is 9.96 Å². The Morgan fingerprint density at radius 2 is 1.68 bits per heavy atom. The number of thiocarbonyl (C=S) groups is 1. The summed E-state index contributed by atoms with van der Waals surface area (Å²) >= 11 is 22.8. The van der Waals surface area contributed by atoms with Gasteiger partial charge in [-0.15, -0.1) is 0 Å². The summed E-state index contributed by atoms with van der Waals surface area (Å²) in [5, 5.41) is 5.94. The van der Waals surface area contributed by atoms with Crippen LogP contribution in [0.2, 0.25) is 0 Å². The van der Waals surface area contributed by atoms with E-state index in [0.717, 1.165) is 13.1 Å². The molecular weight excluding hydrogens is 329 g/mol. The predicted octanol–water partition coefficient (Wildman–Crippen LogP) is 2.67. The second kappa shape index (κ2) is 8.35. The Labute approximate surface area is 135 Å². The SMILES string of the molecule is CCN(CC)C(=S)N[C@@H](NC(=O)C(C)C)C(Cl)(Cl)Cl. The van der Waals surface area contributed by atoms with Crippen molar-refractivity contribution in [3.8, 4) is 0 Å². The molecule has 0 heterocycles. The van der Waals surface area contributed by atoms with Gasteiger partial charge >= 0.3 is 0 Å². The Morgan fingerprint density at radius 3 is 2.00 bits per heavy atom. The van der Waals surface area contributed by atoms with Crippen molar-refractivity contribution < 1.29 is 4.79 Å². The van der Waals surface area contributed by atoms with Crippen molar-refractivity contribution >= 4 is 58.0 Å². The molecule has 1 atom stereocenters. The van der Waals surface area contributed by atoms with E-state index in [2.05, 4.69) is 10.6 Å². The van der Waals surface area contributed by atoms with Crippen LogP contribution >= 0.6 is 47.0 Å². The Balaban J connectivity index is 4.80. The first-order chi connectivity index (χ1) is 8.63. The largest absolute Gasteiger partial charge is 0.350 e. The molecule has 1 amide bonds. The minimum absolute atomic E-state index is 0.210. The quantitative estimate of drug-likeness (QED) is 0.455. The van der Waals surface area contributed by atoms with E-state index in [-0.39, 0.29) is 11.8 Å². The first kappa shape index (κ1) is 19.0. The number of nitrogens with zero attached hydrogens (tertiary/aromatic N) is 1. The van der Waals surface area contributed by atoms with E-state index >= 15 is 0 Å². The molecule has 0 aliphatic rings. The monoisotopic (exact) mass is 347 g/mol. The number of amides is 1. The van der Waals surface area contributed by atoms with Gasteiger partial charge in [0.25, 0.3) is 0 Å². The zero-order valence-corrected chi connectivity index (χ0v) is 14.6. The molecule has 0 unspecified atom stereocenters. The van der Waals surface area contributed by atoms with Crippen LogP contribution < -0.4 is 10.6 Å². The molecule has 2 N–H and O–H groups in total. The second-order valence-corrected chi connectivity index (χ2v) is 7.02. The number of nitrogens with one attached hydrogen (secondary N) is 2. The van der Waals surface area contributed by atoms with Gasteiger partial charge in [0.2, 0.25) is 9.70 Å². The summed E-state index contributed by atoms with van der Waals surface area (Å²) in [6.45, 7) is 8.91. The molecule has 0 aromatic heterocycles. The Hall–Kier alpha value is 0.0300. The van der Waals surface area contributed by atoms with E-state index in [1.54, 1.807) is 13.8 Å². The minimum Gasteiger partial charge on any atom is -0.350 e. The van der Waals surface area contributed by atoms with Gasteiger partial charge in [-0.25, -0.2) is 0 Å². The highest BCUT2D eigenvalue weighted by Crippen LogP contribution is 2.29. The van der Waals surface area contributed by atoms with Crippen LogP contribution in [0.15, 0.2) is 0 Å². The van der Waals surface area contributed by atoms with Crippen molar-refractivity contribution in [1.82, 2.24) is 15.5 Å². The summed E-state index contributed by atoms with van der Waals surface area (Å²) in [5.41, 5.74) is 0. The van der Waals surface area contributed by atoms with Crippen molar-refractivity contribution in [2.24, 2.45) is 5.92 Å². The third-order valence-corrected chi connectivity index (χ3v) is 3.49. The van der Waals surface area contributed by atoms with Gasteiger partial charge in [-0.05, 0) is 26.1 Å². The van der Waals surface area contributed by atoms with Gasteiger partial charge in [-0.2, -0.15) is 0 Å². The lowest BCUT2D eigenvalue weighted by Gasteiger charge is -2.31. The van der Waals surface area contributed by atoms with Crippen LogP contribution in [0.5, 0.6) is 0 Å². The first-order valence-electron chi connectivity index (χ1n) is 6.05. The first-order valence-corrected chi connectivity index (χ1v) is 7.60. The number of carbonyl (C=O) groups is 1. The lowest BCUT2D eigenvalue weighted by molar-refractivity contribution is -0.124. The Kier molecular flexibility index (Phi) is 8.36. The van der Waals surface area contributed by atoms with Gasteiger partial charge in [-0.3, -0.25) is 4.79 Å². The average Bonchev–Trinajstić information content (AvgIpc) is 2.28. The zero-order valence-electron chi connectivity index (χ0n) is 11.5. The predicted molar refractivity (Wildman–Crippen MR) is 85.7 cm³/mol. The molecule has 0 spiro atoms. The van der Waals surface area contributed by atoms with E-state index in [0.29, 0.717) is 5.11 Å². The standard InChI is InChI=1S/C11H20Cl3N3OS/c1-5-17(6-2)10(19)16-9(11(12,13)14)15-8(18)7(3)4/h7,9H,5-6H2,1-4H3,(H,15,18)(H,16,19)/t9-/m1/s1. The van der Waals surface area contributed by atoms with Gasteiger partial charge in [0.1, 0.15) is 6.17 Å². The van der Waals surface area contributed by atoms with Crippen molar-refractivity contribution in [3.05, 3.63) is 0 Å². The highest BCUT2D eigenvalue weighted by molar-refractivity contribution is 7.80. The molecule has 0 aromatic rings. The van der Waals surface area contributed by atoms with Crippen LogP contribution in [0, 0.1) is 5.92 Å². The Bertz CT molecular complexity index is 317. The molecule has 0 aliphatic heterocycles. The van der Waals surface area contributed by atoms with Crippen LogP contribution in [0.4, 0.5) is 0 Å². The summed E-state index contributed by atoms with van der Waals surface area (Å²) < 4.78 is -1.69.